The lowest BCUT2D eigenvalue weighted by Gasteiger charge is -1.94. The van der Waals surface area contributed by atoms with Gasteiger partial charge in [-0.25, -0.2) is 0 Å². The summed E-state index contributed by atoms with van der Waals surface area (Å²) in [5.41, 5.74) is 2.75. The normalized spacial score (nSPS) is 11.9. The van der Waals surface area contributed by atoms with Crippen molar-refractivity contribution in [1.29, 1.82) is 10.5 Å². The molecule has 0 spiro atoms. The van der Waals surface area contributed by atoms with Crippen molar-refractivity contribution in [2.75, 3.05) is 0 Å². The lowest BCUT2D eigenvalue weighted by molar-refractivity contribution is 1.36. The number of hydrogen-bond acceptors (Lipinski definition) is 3. The molecule has 0 aliphatic rings. The van der Waals surface area contributed by atoms with Crippen molar-refractivity contribution in [2.45, 2.75) is 0 Å². The summed E-state index contributed by atoms with van der Waals surface area (Å²) in [6.07, 6.45) is 7.26. The molecule has 0 fully saturated rings. The Labute approximate surface area is 137 Å². The van der Waals surface area contributed by atoms with Crippen molar-refractivity contribution in [1.82, 2.24) is 9.97 Å². The van der Waals surface area contributed by atoms with Gasteiger partial charge in [-0.05, 0) is 48.6 Å². The predicted molar refractivity (Wildman–Crippen MR) is 92.9 cm³/mol. The summed E-state index contributed by atoms with van der Waals surface area (Å²) in [6, 6.07) is 15.7. The molecule has 0 radical (unpaired) electrons. The van der Waals surface area contributed by atoms with Crippen LogP contribution in [-0.4, -0.2) is 9.97 Å². The van der Waals surface area contributed by atoms with Gasteiger partial charge < -0.3 is 9.97 Å². The molecule has 2 N–H and O–H groups in total. The summed E-state index contributed by atoms with van der Waals surface area (Å²) < 4.78 is 0. The number of hydrogen-bond donors (Lipinski definition) is 2. The van der Waals surface area contributed by atoms with E-state index in [9.17, 15) is 10.5 Å². The molecule has 3 heterocycles. The van der Waals surface area contributed by atoms with Crippen LogP contribution in [0.25, 0.3) is 23.3 Å². The van der Waals surface area contributed by atoms with Gasteiger partial charge in [-0.3, -0.25) is 0 Å². The summed E-state index contributed by atoms with van der Waals surface area (Å²) in [6.45, 7) is 0. The van der Waals surface area contributed by atoms with E-state index in [1.807, 2.05) is 48.6 Å². The minimum atomic E-state index is 0.581. The molecule has 3 aromatic heterocycles. The number of nitriles is 2. The van der Waals surface area contributed by atoms with Crippen molar-refractivity contribution < 1.29 is 0 Å². The van der Waals surface area contributed by atoms with Crippen molar-refractivity contribution in [2.24, 2.45) is 0 Å². The fourth-order valence-electron chi connectivity index (χ4n) is 2.14. The summed E-state index contributed by atoms with van der Waals surface area (Å²) in [5, 5.41) is 18.6. The van der Waals surface area contributed by atoms with Gasteiger partial charge in [-0.15, -0.1) is 11.3 Å². The van der Waals surface area contributed by atoms with Gasteiger partial charge in [0.25, 0.3) is 0 Å². The molecule has 0 saturated carbocycles. The van der Waals surface area contributed by atoms with E-state index in [0.29, 0.717) is 11.1 Å². The average Bonchev–Trinajstić information content (AvgIpc) is 3.32. The van der Waals surface area contributed by atoms with Gasteiger partial charge in [0, 0.05) is 22.1 Å². The van der Waals surface area contributed by atoms with Crippen molar-refractivity contribution in [3.05, 3.63) is 69.9 Å². The predicted octanol–water partition coefficient (Wildman–Crippen LogP) is 4.53. The van der Waals surface area contributed by atoms with E-state index in [4.69, 9.17) is 0 Å². The number of H-pyrrole nitrogens is 2. The largest absolute Gasteiger partial charge is 0.361 e. The number of rotatable bonds is 4. The summed E-state index contributed by atoms with van der Waals surface area (Å²) in [7, 11) is 0. The van der Waals surface area contributed by atoms with Crippen molar-refractivity contribution in [3.8, 4) is 12.1 Å². The highest BCUT2D eigenvalue weighted by molar-refractivity contribution is 7.13. The Morgan fingerprint density at radius 1 is 0.826 bits per heavy atom. The van der Waals surface area contributed by atoms with Crippen LogP contribution in [0.1, 0.15) is 21.1 Å². The molecule has 4 nitrogen and oxygen atoms in total. The van der Waals surface area contributed by atoms with Crippen LogP contribution >= 0.6 is 11.3 Å². The zero-order valence-corrected chi connectivity index (χ0v) is 12.9. The van der Waals surface area contributed by atoms with Gasteiger partial charge in [-0.1, -0.05) is 0 Å². The van der Waals surface area contributed by atoms with Crippen LogP contribution in [0.2, 0.25) is 0 Å². The van der Waals surface area contributed by atoms with Crippen LogP contribution in [0.15, 0.2) is 48.8 Å². The summed E-state index contributed by atoms with van der Waals surface area (Å²) in [5.74, 6) is 0. The molecule has 5 heteroatoms. The number of allylic oxidation sites excluding steroid dienone is 2. The zero-order chi connectivity index (χ0) is 16.1. The fourth-order valence-corrected chi connectivity index (χ4v) is 3.04. The Bertz CT molecular complexity index is 849. The number of thiophene rings is 1. The standard InChI is InChI=1S/C18H12N4S/c19-11-13(17-3-1-7-21-17)9-15-5-6-16(23-15)10-14(12-20)18-4-2-8-22-18/h1-10,21-22H/b13-9+,14-10+. The van der Waals surface area contributed by atoms with Crippen LogP contribution in [0.5, 0.6) is 0 Å². The fraction of sp³-hybridized carbons (Fsp3) is 0. The first kappa shape index (κ1) is 14.6. The first-order valence-corrected chi connectivity index (χ1v) is 7.73. The minimum absolute atomic E-state index is 0.581. The Morgan fingerprint density at radius 2 is 1.30 bits per heavy atom. The van der Waals surface area contributed by atoms with E-state index < -0.39 is 0 Å². The molecular weight excluding hydrogens is 304 g/mol. The maximum Gasteiger partial charge on any atom is 0.101 e. The molecular formula is C18H12N4S. The number of aromatic amines is 2. The Balaban J connectivity index is 1.89. The SMILES string of the molecule is N#C/C(=C\c1ccc(/C=C(\C#N)c2ccc[nH]2)s1)c1ccc[nH]1. The van der Waals surface area contributed by atoms with E-state index in [1.165, 1.54) is 11.3 Å². The topological polar surface area (TPSA) is 79.2 Å². The maximum atomic E-state index is 9.28. The van der Waals surface area contributed by atoms with E-state index in [0.717, 1.165) is 21.1 Å². The Hall–Kier alpha value is -3.28. The van der Waals surface area contributed by atoms with E-state index in [-0.39, 0.29) is 0 Å². The van der Waals surface area contributed by atoms with Crippen LogP contribution in [0.3, 0.4) is 0 Å². The molecule has 23 heavy (non-hydrogen) atoms. The second-order valence-electron chi connectivity index (χ2n) is 4.75. The third kappa shape index (κ3) is 3.32. The monoisotopic (exact) mass is 316 g/mol. The van der Waals surface area contributed by atoms with Gasteiger partial charge in [0.15, 0.2) is 0 Å². The number of aromatic nitrogens is 2. The van der Waals surface area contributed by atoms with Crippen LogP contribution in [-0.2, 0) is 0 Å². The van der Waals surface area contributed by atoms with E-state index >= 15 is 0 Å². The quantitative estimate of drug-likeness (QED) is 0.693. The van der Waals surface area contributed by atoms with Crippen molar-refractivity contribution >= 4 is 34.6 Å². The van der Waals surface area contributed by atoms with Crippen LogP contribution in [0.4, 0.5) is 0 Å². The third-order valence-corrected chi connectivity index (χ3v) is 4.22. The number of nitrogens with zero attached hydrogens (tertiary/aromatic N) is 2. The lowest BCUT2D eigenvalue weighted by Crippen LogP contribution is -1.79. The van der Waals surface area contributed by atoms with Gasteiger partial charge in [0.1, 0.15) is 12.1 Å². The Kier molecular flexibility index (Phi) is 4.24. The summed E-state index contributed by atoms with van der Waals surface area (Å²) >= 11 is 1.53. The smallest absolute Gasteiger partial charge is 0.101 e. The molecule has 3 rings (SSSR count). The van der Waals surface area contributed by atoms with Gasteiger partial charge in [0.2, 0.25) is 0 Å². The maximum absolute atomic E-state index is 9.28. The highest BCUT2D eigenvalue weighted by Crippen LogP contribution is 2.26. The zero-order valence-electron chi connectivity index (χ0n) is 12.1. The average molecular weight is 316 g/mol. The molecule has 0 aliphatic carbocycles. The van der Waals surface area contributed by atoms with Gasteiger partial charge in [-0.2, -0.15) is 10.5 Å². The van der Waals surface area contributed by atoms with Gasteiger partial charge >= 0.3 is 0 Å². The molecule has 0 saturated heterocycles. The highest BCUT2D eigenvalue weighted by Gasteiger charge is 2.05. The molecule has 0 aliphatic heterocycles. The molecule has 0 amide bonds. The lowest BCUT2D eigenvalue weighted by atomic mass is 10.2. The highest BCUT2D eigenvalue weighted by atomic mass is 32.1. The second-order valence-corrected chi connectivity index (χ2v) is 5.89. The van der Waals surface area contributed by atoms with Gasteiger partial charge in [0.05, 0.1) is 22.5 Å². The molecule has 0 atom stereocenters. The third-order valence-electron chi connectivity index (χ3n) is 3.24. The molecule has 110 valence electrons. The molecule has 3 aromatic rings. The van der Waals surface area contributed by atoms with E-state index in [2.05, 4.69) is 22.1 Å². The van der Waals surface area contributed by atoms with Crippen LogP contribution in [0, 0.1) is 22.7 Å². The second kappa shape index (κ2) is 6.65. The first-order valence-electron chi connectivity index (χ1n) is 6.91. The van der Waals surface area contributed by atoms with Crippen LogP contribution < -0.4 is 0 Å². The van der Waals surface area contributed by atoms with Crippen molar-refractivity contribution in [3.63, 3.8) is 0 Å². The molecule has 0 bridgehead atoms. The molecule has 0 unspecified atom stereocenters. The number of nitrogens with one attached hydrogen (secondary N) is 2. The first-order chi connectivity index (χ1) is 11.3. The minimum Gasteiger partial charge on any atom is -0.361 e. The molecule has 0 aromatic carbocycles. The Morgan fingerprint density at radius 3 is 1.65 bits per heavy atom. The van der Waals surface area contributed by atoms with E-state index in [1.54, 1.807) is 12.4 Å². The summed E-state index contributed by atoms with van der Waals surface area (Å²) in [4.78, 5) is 7.99.